The molecule has 10 heteroatoms. The average molecular weight is 372 g/mol. The van der Waals surface area contributed by atoms with Crippen LogP contribution in [0.5, 0.6) is 5.95 Å². The lowest BCUT2D eigenvalue weighted by atomic mass is 10.2. The molecule has 1 amide bonds. The van der Waals surface area contributed by atoms with Crippen molar-refractivity contribution < 1.29 is 29.0 Å². The molecule has 2 aromatic rings. The van der Waals surface area contributed by atoms with Crippen LogP contribution in [0.15, 0.2) is 27.7 Å². The van der Waals surface area contributed by atoms with Gasteiger partial charge in [-0.25, -0.2) is 4.79 Å². The highest BCUT2D eigenvalue weighted by molar-refractivity contribution is 8.00. The number of rotatable bonds is 6. The Kier molecular flexibility index (Phi) is 5.68. The van der Waals surface area contributed by atoms with Crippen molar-refractivity contribution in [3.05, 3.63) is 28.8 Å². The molecule has 0 saturated carbocycles. The van der Waals surface area contributed by atoms with Gasteiger partial charge in [0.2, 0.25) is 5.91 Å². The van der Waals surface area contributed by atoms with E-state index in [0.717, 1.165) is 11.8 Å². The molecule has 0 bridgehead atoms. The standard InChI is InChI=1S/C14H14ClN3O5S/c1-3-10(24-12-14(22)23-17-18(12)2)11(19)16-9-6-7(13(20)21)4-5-8(9)15/h4-6,10H,3H2,1-2H3,(H2-,16,17,19,20,21,22). The lowest BCUT2D eigenvalue weighted by molar-refractivity contribution is -0.772. The Bertz CT molecular complexity index is 760. The van der Waals surface area contributed by atoms with E-state index in [1.807, 2.05) is 0 Å². The minimum atomic E-state index is -1.13. The fourth-order valence-electron chi connectivity index (χ4n) is 1.86. The maximum Gasteiger partial charge on any atom is 0.335 e. The third-order valence-corrected chi connectivity index (χ3v) is 4.92. The molecule has 1 heterocycles. The Labute approximate surface area is 146 Å². The summed E-state index contributed by atoms with van der Waals surface area (Å²) in [7, 11) is 1.53. The molecule has 2 N–H and O–H groups in total. The van der Waals surface area contributed by atoms with Crippen LogP contribution in [0.4, 0.5) is 5.69 Å². The first kappa shape index (κ1) is 18.1. The van der Waals surface area contributed by atoms with Crippen LogP contribution in [-0.2, 0) is 11.8 Å². The molecular formula is C14H14ClN3O5S. The van der Waals surface area contributed by atoms with Crippen molar-refractivity contribution in [3.63, 3.8) is 0 Å². The van der Waals surface area contributed by atoms with Gasteiger partial charge in [0.05, 0.1) is 26.8 Å². The molecule has 0 radical (unpaired) electrons. The van der Waals surface area contributed by atoms with Crippen LogP contribution in [0, 0.1) is 0 Å². The van der Waals surface area contributed by atoms with E-state index in [0.29, 0.717) is 6.42 Å². The normalized spacial score (nSPS) is 12.0. The lowest BCUT2D eigenvalue weighted by Gasteiger charge is -2.14. The zero-order valence-corrected chi connectivity index (χ0v) is 14.3. The summed E-state index contributed by atoms with van der Waals surface area (Å²) in [5.41, 5.74) is 0.195. The number of carboxylic acid groups (broad SMARTS) is 1. The highest BCUT2D eigenvalue weighted by atomic mass is 35.5. The number of aromatic nitrogens is 2. The second-order valence-electron chi connectivity index (χ2n) is 4.79. The van der Waals surface area contributed by atoms with Gasteiger partial charge in [-0.2, -0.15) is 0 Å². The summed E-state index contributed by atoms with van der Waals surface area (Å²) in [5, 5.41) is 26.4. The predicted octanol–water partition coefficient (Wildman–Crippen LogP) is 1.43. The Morgan fingerprint density at radius 1 is 1.54 bits per heavy atom. The van der Waals surface area contributed by atoms with E-state index in [1.54, 1.807) is 6.92 Å². The van der Waals surface area contributed by atoms with Crippen molar-refractivity contribution >= 4 is 40.9 Å². The largest absolute Gasteiger partial charge is 0.538 e. The maximum atomic E-state index is 12.4. The molecule has 0 aliphatic rings. The molecule has 1 atom stereocenters. The number of carbonyl (C=O) groups excluding carboxylic acids is 1. The number of amides is 1. The zero-order valence-electron chi connectivity index (χ0n) is 12.8. The molecule has 128 valence electrons. The van der Waals surface area contributed by atoms with Crippen molar-refractivity contribution in [2.75, 3.05) is 5.32 Å². The molecule has 0 aliphatic carbocycles. The summed E-state index contributed by atoms with van der Waals surface area (Å²) in [6.07, 6.45) is 0.428. The average Bonchev–Trinajstić information content (AvgIpc) is 2.85. The number of aryl methyl sites for hydroxylation is 1. The van der Waals surface area contributed by atoms with Crippen LogP contribution in [0.3, 0.4) is 0 Å². The minimum absolute atomic E-state index is 0.00248. The fraction of sp³-hybridized carbons (Fsp3) is 0.286. The number of benzene rings is 1. The Morgan fingerprint density at radius 2 is 2.25 bits per heavy atom. The van der Waals surface area contributed by atoms with E-state index in [9.17, 15) is 14.7 Å². The van der Waals surface area contributed by atoms with Gasteiger partial charge in [0, 0.05) is 0 Å². The summed E-state index contributed by atoms with van der Waals surface area (Å²) in [6.45, 7) is 1.78. The van der Waals surface area contributed by atoms with Gasteiger partial charge in [-0.05, 0) is 36.4 Å². The molecule has 0 aliphatic heterocycles. The molecule has 0 saturated heterocycles. The van der Waals surface area contributed by atoms with E-state index in [4.69, 9.17) is 16.7 Å². The molecule has 1 aromatic heterocycles. The quantitative estimate of drug-likeness (QED) is 0.582. The van der Waals surface area contributed by atoms with Gasteiger partial charge >= 0.3 is 5.97 Å². The van der Waals surface area contributed by atoms with Gasteiger partial charge < -0.3 is 20.1 Å². The maximum absolute atomic E-state index is 12.4. The van der Waals surface area contributed by atoms with Crippen molar-refractivity contribution in [2.24, 2.45) is 7.05 Å². The second kappa shape index (κ2) is 7.54. The summed E-state index contributed by atoms with van der Waals surface area (Å²) < 4.78 is 5.77. The summed E-state index contributed by atoms with van der Waals surface area (Å²) in [5.74, 6) is -2.16. The van der Waals surface area contributed by atoms with Crippen LogP contribution in [0.1, 0.15) is 23.7 Å². The number of nitrogens with one attached hydrogen (secondary N) is 1. The molecule has 0 fully saturated rings. The third kappa shape index (κ3) is 3.98. The number of nitrogens with zero attached hydrogens (tertiary/aromatic N) is 2. The van der Waals surface area contributed by atoms with E-state index in [2.05, 4.69) is 15.1 Å². The third-order valence-electron chi connectivity index (χ3n) is 3.10. The number of carbonyl (C=O) groups is 2. The molecule has 1 unspecified atom stereocenters. The van der Waals surface area contributed by atoms with Gasteiger partial charge in [-0.1, -0.05) is 23.2 Å². The van der Waals surface area contributed by atoms with Crippen molar-refractivity contribution in [3.8, 4) is 5.95 Å². The zero-order chi connectivity index (χ0) is 17.9. The van der Waals surface area contributed by atoms with Gasteiger partial charge in [-0.3, -0.25) is 4.79 Å². The number of anilines is 1. The van der Waals surface area contributed by atoms with E-state index < -0.39 is 23.1 Å². The highest BCUT2D eigenvalue weighted by Gasteiger charge is 2.26. The SMILES string of the molecule is CCC(Sc1c([O-])on[n+]1C)C(=O)Nc1cc(C(=O)O)ccc1Cl. The summed E-state index contributed by atoms with van der Waals surface area (Å²) in [4.78, 5) is 23.4. The molecule has 0 spiro atoms. The fourth-order valence-corrected chi connectivity index (χ4v) is 2.94. The lowest BCUT2D eigenvalue weighted by Crippen LogP contribution is -2.34. The molecule has 2 rings (SSSR count). The topological polar surface area (TPSA) is 119 Å². The number of carboxylic acids is 1. The molecule has 8 nitrogen and oxygen atoms in total. The Morgan fingerprint density at radius 3 is 2.79 bits per heavy atom. The van der Waals surface area contributed by atoms with Crippen LogP contribution in [-0.4, -0.2) is 27.5 Å². The van der Waals surface area contributed by atoms with Crippen molar-refractivity contribution in [2.45, 2.75) is 23.6 Å². The smallest absolute Gasteiger partial charge is 0.335 e. The van der Waals surface area contributed by atoms with Gasteiger partial charge in [0.25, 0.3) is 5.03 Å². The van der Waals surface area contributed by atoms with Gasteiger partial charge in [0.15, 0.2) is 13.0 Å². The van der Waals surface area contributed by atoms with E-state index in [-0.39, 0.29) is 21.3 Å². The van der Waals surface area contributed by atoms with E-state index in [1.165, 1.54) is 29.9 Å². The minimum Gasteiger partial charge on any atom is -0.538 e. The summed E-state index contributed by atoms with van der Waals surface area (Å²) >= 11 is 7.01. The second-order valence-corrected chi connectivity index (χ2v) is 6.39. The van der Waals surface area contributed by atoms with Crippen molar-refractivity contribution in [1.29, 1.82) is 0 Å². The number of hydrogen-bond acceptors (Lipinski definition) is 6. The first-order valence-corrected chi connectivity index (χ1v) is 8.12. The van der Waals surface area contributed by atoms with Gasteiger partial charge in [-0.15, -0.1) is 0 Å². The molecule has 1 aromatic carbocycles. The Balaban J connectivity index is 2.18. The molecular weight excluding hydrogens is 358 g/mol. The monoisotopic (exact) mass is 371 g/mol. The number of halogens is 1. The predicted molar refractivity (Wildman–Crippen MR) is 84.1 cm³/mol. The van der Waals surface area contributed by atoms with Crippen molar-refractivity contribution in [1.82, 2.24) is 5.27 Å². The number of hydrogen-bond donors (Lipinski definition) is 2. The first-order chi connectivity index (χ1) is 11.3. The number of thioether (sulfide) groups is 1. The van der Waals surface area contributed by atoms with Crippen LogP contribution in [0.2, 0.25) is 5.02 Å². The summed E-state index contributed by atoms with van der Waals surface area (Å²) in [6, 6.07) is 4.01. The Hall–Kier alpha value is -2.26. The molecule has 24 heavy (non-hydrogen) atoms. The highest BCUT2D eigenvalue weighted by Crippen LogP contribution is 2.30. The number of aromatic carboxylic acids is 1. The van der Waals surface area contributed by atoms with Gasteiger partial charge in [0.1, 0.15) is 0 Å². The van der Waals surface area contributed by atoms with E-state index >= 15 is 0 Å². The van der Waals surface area contributed by atoms with Crippen LogP contribution < -0.4 is 15.1 Å². The van der Waals surface area contributed by atoms with Crippen LogP contribution >= 0.6 is 23.4 Å². The first-order valence-electron chi connectivity index (χ1n) is 6.86. The van der Waals surface area contributed by atoms with Crippen LogP contribution in [0.25, 0.3) is 0 Å².